The lowest BCUT2D eigenvalue weighted by Crippen LogP contribution is -2.11. The average molecular weight is 276 g/mol. The highest BCUT2D eigenvalue weighted by Gasteiger charge is 2.24. The molecular weight excluding hydrogens is 266 g/mol. The number of Topliss-reactive ketones (excluding diaryl/α,β-unsaturated/α-hetero) is 1. The van der Waals surface area contributed by atoms with E-state index in [4.69, 9.17) is 11.6 Å². The lowest BCUT2D eigenvalue weighted by Gasteiger charge is -2.09. The van der Waals surface area contributed by atoms with E-state index < -0.39 is 5.92 Å². The SMILES string of the molecule is Cc1ccc(Cl)cc1C(=O)C(C#N)c1cccs1. The van der Waals surface area contributed by atoms with Crippen LogP contribution in [0.3, 0.4) is 0 Å². The van der Waals surface area contributed by atoms with Crippen molar-refractivity contribution in [3.05, 3.63) is 56.7 Å². The highest BCUT2D eigenvalue weighted by molar-refractivity contribution is 7.10. The first-order chi connectivity index (χ1) is 8.63. The van der Waals surface area contributed by atoms with Crippen molar-refractivity contribution in [2.45, 2.75) is 12.8 Å². The van der Waals surface area contributed by atoms with Crippen molar-refractivity contribution in [3.63, 3.8) is 0 Å². The van der Waals surface area contributed by atoms with Crippen molar-refractivity contribution in [2.24, 2.45) is 0 Å². The zero-order valence-corrected chi connectivity index (χ0v) is 11.3. The highest BCUT2D eigenvalue weighted by atomic mass is 35.5. The van der Waals surface area contributed by atoms with Gasteiger partial charge in [0.25, 0.3) is 0 Å². The van der Waals surface area contributed by atoms with Crippen molar-refractivity contribution in [2.75, 3.05) is 0 Å². The molecule has 2 nitrogen and oxygen atoms in total. The molecule has 1 aromatic carbocycles. The molecule has 2 rings (SSSR count). The van der Waals surface area contributed by atoms with E-state index in [-0.39, 0.29) is 5.78 Å². The van der Waals surface area contributed by atoms with Crippen molar-refractivity contribution >= 4 is 28.7 Å². The van der Waals surface area contributed by atoms with Crippen molar-refractivity contribution in [1.29, 1.82) is 5.26 Å². The van der Waals surface area contributed by atoms with Crippen molar-refractivity contribution in [3.8, 4) is 6.07 Å². The second-order valence-corrected chi connectivity index (χ2v) is 5.32. The predicted molar refractivity (Wildman–Crippen MR) is 73.2 cm³/mol. The molecule has 18 heavy (non-hydrogen) atoms. The Kier molecular flexibility index (Phi) is 3.81. The molecule has 90 valence electrons. The first kappa shape index (κ1) is 12.8. The number of benzene rings is 1. The number of aryl methyl sites for hydroxylation is 1. The molecular formula is C14H10ClNOS. The quantitative estimate of drug-likeness (QED) is 0.788. The van der Waals surface area contributed by atoms with Gasteiger partial charge in [0, 0.05) is 15.5 Å². The van der Waals surface area contributed by atoms with E-state index in [0.717, 1.165) is 10.4 Å². The van der Waals surface area contributed by atoms with Crippen LogP contribution in [0.4, 0.5) is 0 Å². The van der Waals surface area contributed by atoms with E-state index in [1.54, 1.807) is 24.3 Å². The molecule has 0 bridgehead atoms. The van der Waals surface area contributed by atoms with Gasteiger partial charge in [-0.2, -0.15) is 5.26 Å². The first-order valence-electron chi connectivity index (χ1n) is 5.37. The Balaban J connectivity index is 2.42. The van der Waals surface area contributed by atoms with Crippen LogP contribution >= 0.6 is 22.9 Å². The first-order valence-corrected chi connectivity index (χ1v) is 6.62. The van der Waals surface area contributed by atoms with Gasteiger partial charge < -0.3 is 0 Å². The molecule has 0 fully saturated rings. The van der Waals surface area contributed by atoms with Crippen LogP contribution in [0.1, 0.15) is 26.7 Å². The van der Waals surface area contributed by atoms with Gasteiger partial charge in [-0.1, -0.05) is 23.7 Å². The summed E-state index contributed by atoms with van der Waals surface area (Å²) in [4.78, 5) is 13.1. The monoisotopic (exact) mass is 275 g/mol. The van der Waals surface area contributed by atoms with Crippen LogP contribution in [-0.4, -0.2) is 5.78 Å². The summed E-state index contributed by atoms with van der Waals surface area (Å²) in [5.41, 5.74) is 1.35. The fourth-order valence-electron chi connectivity index (χ4n) is 1.72. The summed E-state index contributed by atoms with van der Waals surface area (Å²) >= 11 is 7.31. The number of nitriles is 1. The zero-order chi connectivity index (χ0) is 13.1. The minimum atomic E-state index is -0.748. The third kappa shape index (κ3) is 2.45. The second-order valence-electron chi connectivity index (χ2n) is 3.90. The summed E-state index contributed by atoms with van der Waals surface area (Å²) in [7, 11) is 0. The van der Waals surface area contributed by atoms with E-state index >= 15 is 0 Å². The molecule has 0 amide bonds. The number of ketones is 1. The zero-order valence-electron chi connectivity index (χ0n) is 9.68. The van der Waals surface area contributed by atoms with Gasteiger partial charge in [0.15, 0.2) is 5.78 Å². The normalized spacial score (nSPS) is 11.8. The number of carbonyl (C=O) groups excluding carboxylic acids is 1. The molecule has 1 unspecified atom stereocenters. The van der Waals surface area contributed by atoms with Gasteiger partial charge in [0.2, 0.25) is 0 Å². The number of carbonyl (C=O) groups is 1. The minimum absolute atomic E-state index is 0.194. The summed E-state index contributed by atoms with van der Waals surface area (Å²) in [5, 5.41) is 11.6. The molecule has 2 aromatic rings. The molecule has 4 heteroatoms. The molecule has 1 heterocycles. The molecule has 1 atom stereocenters. The maximum atomic E-state index is 12.4. The van der Waals surface area contributed by atoms with Gasteiger partial charge in [0.05, 0.1) is 6.07 Å². The lowest BCUT2D eigenvalue weighted by molar-refractivity contribution is 0.0979. The predicted octanol–water partition coefficient (Wildman–Crippen LogP) is 4.20. The Hall–Kier alpha value is -1.63. The maximum absolute atomic E-state index is 12.4. The van der Waals surface area contributed by atoms with Crippen LogP contribution < -0.4 is 0 Å². The van der Waals surface area contributed by atoms with Crippen LogP contribution in [-0.2, 0) is 0 Å². The summed E-state index contributed by atoms with van der Waals surface area (Å²) in [6.07, 6.45) is 0. The average Bonchev–Trinajstić information content (AvgIpc) is 2.87. The van der Waals surface area contributed by atoms with Crippen LogP contribution in [0.25, 0.3) is 0 Å². The number of hydrogen-bond donors (Lipinski definition) is 0. The molecule has 0 spiro atoms. The Labute approximate surface area is 114 Å². The van der Waals surface area contributed by atoms with Crippen LogP contribution in [0.2, 0.25) is 5.02 Å². The summed E-state index contributed by atoms with van der Waals surface area (Å²) < 4.78 is 0. The molecule has 0 aliphatic rings. The molecule has 0 saturated carbocycles. The van der Waals surface area contributed by atoms with Crippen molar-refractivity contribution in [1.82, 2.24) is 0 Å². The number of nitrogens with zero attached hydrogens (tertiary/aromatic N) is 1. The summed E-state index contributed by atoms with van der Waals surface area (Å²) in [6, 6.07) is 10.9. The van der Waals surface area contributed by atoms with Gasteiger partial charge in [0.1, 0.15) is 5.92 Å². The molecule has 1 aromatic heterocycles. The minimum Gasteiger partial charge on any atom is -0.292 e. The lowest BCUT2D eigenvalue weighted by atomic mass is 9.94. The largest absolute Gasteiger partial charge is 0.292 e. The Morgan fingerprint density at radius 1 is 1.44 bits per heavy atom. The molecule has 0 N–H and O–H groups in total. The second kappa shape index (κ2) is 5.34. The molecule has 0 saturated heterocycles. The third-order valence-corrected chi connectivity index (χ3v) is 3.86. The number of rotatable bonds is 3. The Morgan fingerprint density at radius 2 is 2.22 bits per heavy atom. The fraction of sp³-hybridized carbons (Fsp3) is 0.143. The van der Waals surface area contributed by atoms with E-state index in [1.165, 1.54) is 11.3 Å². The van der Waals surface area contributed by atoms with E-state index in [2.05, 4.69) is 6.07 Å². The number of thiophene rings is 1. The van der Waals surface area contributed by atoms with Crippen molar-refractivity contribution < 1.29 is 4.79 Å². The van der Waals surface area contributed by atoms with Gasteiger partial charge >= 0.3 is 0 Å². The van der Waals surface area contributed by atoms with Gasteiger partial charge in [-0.15, -0.1) is 11.3 Å². The molecule has 0 aliphatic heterocycles. The standard InChI is InChI=1S/C14H10ClNOS/c1-9-4-5-10(15)7-11(9)14(17)12(8-16)13-3-2-6-18-13/h2-7,12H,1H3. The fourth-order valence-corrected chi connectivity index (χ4v) is 2.66. The smallest absolute Gasteiger partial charge is 0.185 e. The summed E-state index contributed by atoms with van der Waals surface area (Å²) in [5.74, 6) is -0.942. The van der Waals surface area contributed by atoms with Gasteiger partial charge in [-0.25, -0.2) is 0 Å². The summed E-state index contributed by atoms with van der Waals surface area (Å²) in [6.45, 7) is 1.84. The van der Waals surface area contributed by atoms with E-state index in [1.807, 2.05) is 18.4 Å². The third-order valence-electron chi connectivity index (χ3n) is 2.68. The molecule has 0 aliphatic carbocycles. The van der Waals surface area contributed by atoms with Gasteiger partial charge in [-0.3, -0.25) is 4.79 Å². The van der Waals surface area contributed by atoms with E-state index in [9.17, 15) is 10.1 Å². The highest BCUT2D eigenvalue weighted by Crippen LogP contribution is 2.27. The van der Waals surface area contributed by atoms with E-state index in [0.29, 0.717) is 10.6 Å². The Bertz CT molecular complexity index is 613. The Morgan fingerprint density at radius 3 is 2.83 bits per heavy atom. The molecule has 0 radical (unpaired) electrons. The van der Waals surface area contributed by atoms with Gasteiger partial charge in [-0.05, 0) is 36.1 Å². The maximum Gasteiger partial charge on any atom is 0.185 e. The number of halogens is 1. The van der Waals surface area contributed by atoms with Crippen LogP contribution in [0.15, 0.2) is 35.7 Å². The van der Waals surface area contributed by atoms with Crippen LogP contribution in [0.5, 0.6) is 0 Å². The van der Waals surface area contributed by atoms with Crippen LogP contribution in [0, 0.1) is 18.3 Å². The number of hydrogen-bond acceptors (Lipinski definition) is 3. The topological polar surface area (TPSA) is 40.9 Å².